The number of hydrogen-bond acceptors (Lipinski definition) is 3. The molecule has 4 nitrogen and oxygen atoms in total. The van der Waals surface area contributed by atoms with Gasteiger partial charge in [0, 0.05) is 0 Å². The van der Waals surface area contributed by atoms with Gasteiger partial charge in [-0.05, 0) is 0 Å². The number of carbonyl (C=O) groups is 1. The summed E-state index contributed by atoms with van der Waals surface area (Å²) in [4.78, 5) is 9.95. The molecule has 1 amide bonds. The van der Waals surface area contributed by atoms with E-state index in [-0.39, 0.29) is 0 Å². The van der Waals surface area contributed by atoms with Crippen molar-refractivity contribution in [1.82, 2.24) is 5.32 Å². The van der Waals surface area contributed by atoms with Crippen molar-refractivity contribution in [3.63, 3.8) is 0 Å². The Bertz CT molecular complexity index is 66.0. The van der Waals surface area contributed by atoms with E-state index >= 15 is 0 Å². The fraction of sp³-hybridized carbons (Fsp3) is 0.500. The Morgan fingerprint density at radius 3 is 2.71 bits per heavy atom. The molecule has 0 saturated heterocycles. The monoisotopic (exact) mass is 218 g/mol. The molecule has 0 saturated carbocycles. The number of hydrogen-bond donors (Lipinski definition) is 2. The molecule has 7 heavy (non-hydrogen) atoms. The summed E-state index contributed by atoms with van der Waals surface area (Å²) in [5, 5.41) is 2.17. The molecule has 0 aromatic heterocycles. The molecule has 0 unspecified atom stereocenters. The Hall–Kier alpha value is -0.0400. The second-order valence-electron chi connectivity index (χ2n) is 0.684. The topological polar surface area (TPSA) is 58.6 Å². The zero-order valence-electron chi connectivity index (χ0n) is 3.64. The van der Waals surface area contributed by atoms with Crippen LogP contribution in [-0.2, 0) is 3.07 Å². The van der Waals surface area contributed by atoms with Crippen molar-refractivity contribution >= 4 is 6.09 Å². The molecule has 5 heteroatoms. The maximum absolute atomic E-state index is 9.95. The molecule has 0 aliphatic heterocycles. The minimum atomic E-state index is -1.35. The summed E-state index contributed by atoms with van der Waals surface area (Å²) >= 11 is -1.35. The van der Waals surface area contributed by atoms with Gasteiger partial charge in [-0.3, -0.25) is 0 Å². The average Bonchev–Trinajstić information content (AvgIpc) is 1.68. The van der Waals surface area contributed by atoms with Gasteiger partial charge in [0.05, 0.1) is 0 Å². The molecule has 0 fully saturated rings. The third kappa shape index (κ3) is 3.80. The first-order valence-electron chi connectivity index (χ1n) is 1.48. The van der Waals surface area contributed by atoms with Gasteiger partial charge in [-0.25, -0.2) is 0 Å². The van der Waals surface area contributed by atoms with Gasteiger partial charge in [-0.2, -0.15) is 0 Å². The van der Waals surface area contributed by atoms with E-state index < -0.39 is 28.1 Å². The summed E-state index contributed by atoms with van der Waals surface area (Å²) in [6.45, 7) is 0. The Labute approximate surface area is 52.2 Å². The second-order valence-corrected chi connectivity index (χ2v) is 1.52. The minimum absolute atomic E-state index is 0.574. The average molecular weight is 218 g/mol. The number of carbonyl (C=O) groups excluding carboxylic acids is 1. The SMILES string of the molecule is CNC(=O)O[I-]O. The predicted octanol–water partition coefficient (Wildman–Crippen LogP) is -3.75. The molecule has 2 N–H and O–H groups in total. The van der Waals surface area contributed by atoms with Crippen molar-refractivity contribution in [2.45, 2.75) is 0 Å². The van der Waals surface area contributed by atoms with Crippen molar-refractivity contribution in [3.8, 4) is 0 Å². The first-order chi connectivity index (χ1) is 3.31. The summed E-state index contributed by atoms with van der Waals surface area (Å²) in [6.07, 6.45) is -0.574. The molecule has 0 spiro atoms. The molecule has 44 valence electrons. The quantitative estimate of drug-likeness (QED) is 0.444. The van der Waals surface area contributed by atoms with Crippen molar-refractivity contribution < 1.29 is 33.3 Å². The van der Waals surface area contributed by atoms with Crippen LogP contribution < -0.4 is 27.4 Å². The van der Waals surface area contributed by atoms with E-state index in [1.54, 1.807) is 0 Å². The zero-order valence-corrected chi connectivity index (χ0v) is 5.80. The van der Waals surface area contributed by atoms with Crippen LogP contribution in [0.4, 0.5) is 4.79 Å². The molecule has 0 heterocycles. The molecular formula is C2H5INO3-. The van der Waals surface area contributed by atoms with Crippen LogP contribution in [0.2, 0.25) is 0 Å². The van der Waals surface area contributed by atoms with Crippen LogP contribution >= 0.6 is 0 Å². The summed E-state index contributed by atoms with van der Waals surface area (Å²) in [6, 6.07) is 0. The summed E-state index contributed by atoms with van der Waals surface area (Å²) in [5.74, 6) is 0. The third-order valence-corrected chi connectivity index (χ3v) is 0.906. The van der Waals surface area contributed by atoms with Crippen molar-refractivity contribution in [3.05, 3.63) is 0 Å². The maximum atomic E-state index is 9.95. The van der Waals surface area contributed by atoms with Crippen LogP contribution in [0.15, 0.2) is 0 Å². The Balaban J connectivity index is 3.00. The zero-order chi connectivity index (χ0) is 5.70. The van der Waals surface area contributed by atoms with Crippen molar-refractivity contribution in [2.75, 3.05) is 7.05 Å². The van der Waals surface area contributed by atoms with Crippen molar-refractivity contribution in [1.29, 1.82) is 0 Å². The molecular weight excluding hydrogens is 213 g/mol. The van der Waals surface area contributed by atoms with E-state index in [4.69, 9.17) is 3.44 Å². The normalized spacial score (nSPS) is 8.29. The van der Waals surface area contributed by atoms with Crippen LogP contribution in [0.1, 0.15) is 0 Å². The van der Waals surface area contributed by atoms with Gasteiger partial charge in [0.25, 0.3) is 0 Å². The van der Waals surface area contributed by atoms with Gasteiger partial charge in [0.1, 0.15) is 0 Å². The van der Waals surface area contributed by atoms with Gasteiger partial charge >= 0.3 is 51.8 Å². The first kappa shape index (κ1) is 6.96. The fourth-order valence-electron chi connectivity index (χ4n) is 0.0699. The van der Waals surface area contributed by atoms with Gasteiger partial charge in [0.2, 0.25) is 0 Å². The number of nitrogens with one attached hydrogen (secondary N) is 1. The fourth-order valence-corrected chi connectivity index (χ4v) is 0.469. The van der Waals surface area contributed by atoms with E-state index in [2.05, 4.69) is 8.38 Å². The Morgan fingerprint density at radius 1 is 2.00 bits per heavy atom. The van der Waals surface area contributed by atoms with E-state index in [9.17, 15) is 4.79 Å². The van der Waals surface area contributed by atoms with E-state index in [1.807, 2.05) is 0 Å². The molecule has 0 aromatic rings. The van der Waals surface area contributed by atoms with Crippen LogP contribution in [0.3, 0.4) is 0 Å². The molecule has 0 atom stereocenters. The van der Waals surface area contributed by atoms with Crippen LogP contribution in [-0.4, -0.2) is 16.6 Å². The summed E-state index contributed by atoms with van der Waals surface area (Å²) < 4.78 is 12.1. The van der Waals surface area contributed by atoms with E-state index in [1.165, 1.54) is 7.05 Å². The Morgan fingerprint density at radius 2 is 2.57 bits per heavy atom. The van der Waals surface area contributed by atoms with Crippen molar-refractivity contribution in [2.24, 2.45) is 0 Å². The molecule has 0 aliphatic carbocycles. The van der Waals surface area contributed by atoms with Gasteiger partial charge in [-0.15, -0.1) is 0 Å². The summed E-state index contributed by atoms with van der Waals surface area (Å²) in [5.41, 5.74) is 0. The van der Waals surface area contributed by atoms with E-state index in [0.717, 1.165) is 0 Å². The molecule has 0 bridgehead atoms. The number of rotatable bonds is 1. The third-order valence-electron chi connectivity index (χ3n) is 0.309. The van der Waals surface area contributed by atoms with E-state index in [0.29, 0.717) is 0 Å². The second kappa shape index (κ2) is 4.13. The molecule has 0 radical (unpaired) electrons. The van der Waals surface area contributed by atoms with Crippen LogP contribution in [0.25, 0.3) is 0 Å². The Kier molecular flexibility index (Phi) is 4.10. The summed E-state index contributed by atoms with van der Waals surface area (Å²) in [7, 11) is 1.43. The van der Waals surface area contributed by atoms with Gasteiger partial charge in [0.15, 0.2) is 0 Å². The molecule has 0 rings (SSSR count). The molecule has 0 aliphatic rings. The standard InChI is InChI=1S/C2H5INO3/c1-4-2(5)7-3-6/h6H,1H3,(H,4,5)/q-1. The van der Waals surface area contributed by atoms with Gasteiger partial charge < -0.3 is 0 Å². The number of halogens is 1. The number of amides is 1. The molecule has 0 aromatic carbocycles. The van der Waals surface area contributed by atoms with Crippen LogP contribution in [0.5, 0.6) is 0 Å². The van der Waals surface area contributed by atoms with Crippen LogP contribution in [0, 0.1) is 0 Å². The van der Waals surface area contributed by atoms with Gasteiger partial charge in [-0.1, -0.05) is 0 Å². The first-order valence-corrected chi connectivity index (χ1v) is 3.33. The predicted molar refractivity (Wildman–Crippen MR) is 17.8 cm³/mol.